The van der Waals surface area contributed by atoms with Crippen molar-refractivity contribution in [1.29, 1.82) is 0 Å². The number of pyridine rings is 1. The first-order valence-corrected chi connectivity index (χ1v) is 9.55. The molecule has 0 unspecified atom stereocenters. The van der Waals surface area contributed by atoms with Crippen LogP contribution in [0.5, 0.6) is 0 Å². The average molecular weight is 370 g/mol. The zero-order chi connectivity index (χ0) is 18.5. The van der Waals surface area contributed by atoms with E-state index in [0.717, 1.165) is 30.8 Å². The van der Waals surface area contributed by atoms with Gasteiger partial charge in [-0.2, -0.15) is 0 Å². The monoisotopic (exact) mass is 370 g/mol. The zero-order valence-corrected chi connectivity index (χ0v) is 15.8. The number of aromatic nitrogens is 1. The van der Waals surface area contributed by atoms with Crippen LogP contribution in [0.25, 0.3) is 0 Å². The van der Waals surface area contributed by atoms with Crippen LogP contribution in [0, 0.1) is 6.92 Å². The highest BCUT2D eigenvalue weighted by molar-refractivity contribution is 7.99. The van der Waals surface area contributed by atoms with Crippen molar-refractivity contribution < 1.29 is 14.3 Å². The molecular formula is C20H22N2O3S. The van der Waals surface area contributed by atoms with Gasteiger partial charge in [-0.25, -0.2) is 9.78 Å². The number of carbonyl (C=O) groups is 2. The first kappa shape index (κ1) is 18.5. The van der Waals surface area contributed by atoms with Gasteiger partial charge in [-0.05, 0) is 51.0 Å². The van der Waals surface area contributed by atoms with E-state index < -0.39 is 12.1 Å². The Bertz CT molecular complexity index is 786. The van der Waals surface area contributed by atoms with Crippen molar-refractivity contribution in [2.24, 2.45) is 0 Å². The van der Waals surface area contributed by atoms with Crippen LogP contribution in [0.3, 0.4) is 0 Å². The van der Waals surface area contributed by atoms with E-state index in [1.807, 2.05) is 31.2 Å². The number of benzene rings is 1. The Morgan fingerprint density at radius 3 is 2.54 bits per heavy atom. The number of hydrogen-bond acceptors (Lipinski definition) is 5. The molecule has 2 heterocycles. The third kappa shape index (κ3) is 4.43. The summed E-state index contributed by atoms with van der Waals surface area (Å²) in [5, 5.41) is 0.571. The molecule has 5 nitrogen and oxygen atoms in total. The van der Waals surface area contributed by atoms with E-state index in [-0.39, 0.29) is 5.91 Å². The second kappa shape index (κ2) is 8.36. The van der Waals surface area contributed by atoms with Gasteiger partial charge in [-0.1, -0.05) is 29.5 Å². The van der Waals surface area contributed by atoms with E-state index in [1.165, 1.54) is 17.3 Å². The lowest BCUT2D eigenvalue weighted by molar-refractivity contribution is -0.138. The predicted octanol–water partition coefficient (Wildman–Crippen LogP) is 3.71. The largest absolute Gasteiger partial charge is 0.449 e. The van der Waals surface area contributed by atoms with E-state index in [2.05, 4.69) is 4.98 Å². The normalized spacial score (nSPS) is 14.9. The molecule has 1 aromatic carbocycles. The molecule has 26 heavy (non-hydrogen) atoms. The zero-order valence-electron chi connectivity index (χ0n) is 15.0. The predicted molar refractivity (Wildman–Crippen MR) is 100 cm³/mol. The van der Waals surface area contributed by atoms with E-state index in [4.69, 9.17) is 4.74 Å². The molecule has 0 spiro atoms. The smallest absolute Gasteiger partial charge is 0.341 e. The summed E-state index contributed by atoms with van der Waals surface area (Å²) in [6, 6.07) is 11.4. The lowest BCUT2D eigenvalue weighted by atomic mass is 10.2. The molecule has 1 aliphatic rings. The van der Waals surface area contributed by atoms with Gasteiger partial charge in [0.05, 0.1) is 5.56 Å². The Hall–Kier alpha value is -2.34. The molecule has 2 aromatic rings. The minimum atomic E-state index is -0.793. The van der Waals surface area contributed by atoms with Crippen LogP contribution in [0.4, 0.5) is 0 Å². The molecule has 0 bridgehead atoms. The van der Waals surface area contributed by atoms with Crippen molar-refractivity contribution in [2.75, 3.05) is 13.1 Å². The summed E-state index contributed by atoms with van der Waals surface area (Å²) in [6.45, 7) is 5.13. The standard InChI is InChI=1S/C20H22N2O3S/c1-14-7-9-16(10-8-14)26-18-17(6-5-11-21-18)20(24)25-15(2)19(23)22-12-3-4-13-22/h5-11,15H,3-4,12-13H2,1-2H3/t15-/m0/s1. The van der Waals surface area contributed by atoms with Gasteiger partial charge in [-0.3, -0.25) is 4.79 Å². The van der Waals surface area contributed by atoms with Crippen molar-refractivity contribution in [1.82, 2.24) is 9.88 Å². The summed E-state index contributed by atoms with van der Waals surface area (Å²) < 4.78 is 5.42. The van der Waals surface area contributed by atoms with E-state index >= 15 is 0 Å². The minimum absolute atomic E-state index is 0.132. The fourth-order valence-corrected chi connectivity index (χ4v) is 3.68. The maximum absolute atomic E-state index is 12.6. The summed E-state index contributed by atoms with van der Waals surface area (Å²) >= 11 is 1.40. The summed E-state index contributed by atoms with van der Waals surface area (Å²) in [4.78, 5) is 32.0. The summed E-state index contributed by atoms with van der Waals surface area (Å²) in [5.74, 6) is -0.653. The van der Waals surface area contributed by atoms with Crippen LogP contribution in [-0.2, 0) is 9.53 Å². The second-order valence-electron chi connectivity index (χ2n) is 6.35. The average Bonchev–Trinajstić information content (AvgIpc) is 3.18. The van der Waals surface area contributed by atoms with Gasteiger partial charge >= 0.3 is 5.97 Å². The highest BCUT2D eigenvalue weighted by Gasteiger charge is 2.27. The molecule has 3 rings (SSSR count). The van der Waals surface area contributed by atoms with Gasteiger partial charge in [0.1, 0.15) is 5.03 Å². The molecule has 0 radical (unpaired) electrons. The third-order valence-electron chi connectivity index (χ3n) is 4.28. The number of carbonyl (C=O) groups excluding carboxylic acids is 2. The number of esters is 1. The van der Waals surface area contributed by atoms with E-state index in [0.29, 0.717) is 10.6 Å². The number of aryl methyl sites for hydroxylation is 1. The van der Waals surface area contributed by atoms with Gasteiger partial charge < -0.3 is 9.64 Å². The van der Waals surface area contributed by atoms with Crippen molar-refractivity contribution in [2.45, 2.75) is 42.7 Å². The maximum Gasteiger partial charge on any atom is 0.341 e. The molecule has 0 saturated carbocycles. The molecule has 1 atom stereocenters. The van der Waals surface area contributed by atoms with Crippen molar-refractivity contribution in [3.8, 4) is 0 Å². The Labute approximate surface area is 157 Å². The van der Waals surface area contributed by atoms with Crippen molar-refractivity contribution >= 4 is 23.6 Å². The van der Waals surface area contributed by atoms with Crippen LogP contribution in [0.15, 0.2) is 52.5 Å². The van der Waals surface area contributed by atoms with E-state index in [9.17, 15) is 9.59 Å². The van der Waals surface area contributed by atoms with Crippen LogP contribution in [0.1, 0.15) is 35.7 Å². The highest BCUT2D eigenvalue weighted by atomic mass is 32.2. The first-order chi connectivity index (χ1) is 12.5. The number of amides is 1. The lowest BCUT2D eigenvalue weighted by Gasteiger charge is -2.20. The topological polar surface area (TPSA) is 59.5 Å². The Balaban J connectivity index is 1.70. The maximum atomic E-state index is 12.6. The van der Waals surface area contributed by atoms with Crippen LogP contribution >= 0.6 is 11.8 Å². The molecular weight excluding hydrogens is 348 g/mol. The van der Waals surface area contributed by atoms with E-state index in [1.54, 1.807) is 30.2 Å². The van der Waals surface area contributed by atoms with Crippen LogP contribution in [0.2, 0.25) is 0 Å². The summed E-state index contributed by atoms with van der Waals surface area (Å²) in [6.07, 6.45) is 2.86. The van der Waals surface area contributed by atoms with Gasteiger partial charge in [0.15, 0.2) is 6.10 Å². The first-order valence-electron chi connectivity index (χ1n) is 8.74. The number of ether oxygens (including phenoxy) is 1. The van der Waals surface area contributed by atoms with Crippen LogP contribution in [-0.4, -0.2) is 41.0 Å². The molecule has 136 valence electrons. The van der Waals surface area contributed by atoms with Gasteiger partial charge in [0, 0.05) is 24.2 Å². The Kier molecular flexibility index (Phi) is 5.93. The molecule has 0 N–H and O–H groups in total. The third-order valence-corrected chi connectivity index (χ3v) is 5.30. The molecule has 1 aromatic heterocycles. The molecule has 1 amide bonds. The number of rotatable bonds is 5. The fourth-order valence-electron chi connectivity index (χ4n) is 2.81. The quantitative estimate of drug-likeness (QED) is 0.751. The summed E-state index contributed by atoms with van der Waals surface area (Å²) in [5.41, 5.74) is 1.54. The number of hydrogen-bond donors (Lipinski definition) is 0. The summed E-state index contributed by atoms with van der Waals surface area (Å²) in [7, 11) is 0. The minimum Gasteiger partial charge on any atom is -0.449 e. The van der Waals surface area contributed by atoms with Crippen LogP contribution < -0.4 is 0 Å². The second-order valence-corrected chi connectivity index (χ2v) is 7.41. The number of nitrogens with zero attached hydrogens (tertiary/aromatic N) is 2. The lowest BCUT2D eigenvalue weighted by Crippen LogP contribution is -2.38. The molecule has 6 heteroatoms. The van der Waals surface area contributed by atoms with Gasteiger partial charge in [0.25, 0.3) is 5.91 Å². The van der Waals surface area contributed by atoms with Gasteiger partial charge in [-0.15, -0.1) is 0 Å². The highest BCUT2D eigenvalue weighted by Crippen LogP contribution is 2.29. The number of likely N-dealkylation sites (tertiary alicyclic amines) is 1. The molecule has 1 fully saturated rings. The fraction of sp³-hybridized carbons (Fsp3) is 0.350. The molecule has 0 aliphatic carbocycles. The molecule has 1 aliphatic heterocycles. The Morgan fingerprint density at radius 1 is 1.15 bits per heavy atom. The Morgan fingerprint density at radius 2 is 1.85 bits per heavy atom. The van der Waals surface area contributed by atoms with Crippen molar-refractivity contribution in [3.05, 3.63) is 53.7 Å². The SMILES string of the molecule is Cc1ccc(Sc2ncccc2C(=O)O[C@@H](C)C(=O)N2CCCC2)cc1. The molecule has 1 saturated heterocycles. The van der Waals surface area contributed by atoms with Crippen molar-refractivity contribution in [3.63, 3.8) is 0 Å². The van der Waals surface area contributed by atoms with Gasteiger partial charge in [0.2, 0.25) is 0 Å².